The molecule has 4 nitrogen and oxygen atoms in total. The monoisotopic (exact) mass is 247 g/mol. The maximum atomic E-state index is 12.1. The lowest BCUT2D eigenvalue weighted by Gasteiger charge is -2.27. The Morgan fingerprint density at radius 2 is 2.19 bits per heavy atom. The summed E-state index contributed by atoms with van der Waals surface area (Å²) in [6, 6.07) is 0. The van der Waals surface area contributed by atoms with Gasteiger partial charge >= 0.3 is 0 Å². The second kappa shape index (κ2) is 7.14. The standard InChI is InChI=1S/C11H21NO3S/c1-4-12(8-10(14-2)15-3)11(13)9-6-5-7-16-9/h9-10H,4-8H2,1-3H3. The Bertz CT molecular complexity index is 215. The molecular weight excluding hydrogens is 226 g/mol. The van der Waals surface area contributed by atoms with Gasteiger partial charge in [0.1, 0.15) is 0 Å². The van der Waals surface area contributed by atoms with E-state index in [-0.39, 0.29) is 17.4 Å². The van der Waals surface area contributed by atoms with Crippen LogP contribution in [-0.4, -0.2) is 55.4 Å². The smallest absolute Gasteiger partial charge is 0.235 e. The molecule has 5 heteroatoms. The zero-order chi connectivity index (χ0) is 12.0. The number of rotatable bonds is 6. The third-order valence-electron chi connectivity index (χ3n) is 2.79. The van der Waals surface area contributed by atoms with Crippen molar-refractivity contribution in [3.8, 4) is 0 Å². The van der Waals surface area contributed by atoms with E-state index in [4.69, 9.17) is 9.47 Å². The van der Waals surface area contributed by atoms with Crippen molar-refractivity contribution >= 4 is 17.7 Å². The van der Waals surface area contributed by atoms with E-state index in [9.17, 15) is 4.79 Å². The normalized spacial score (nSPS) is 20.4. The van der Waals surface area contributed by atoms with Gasteiger partial charge in [-0.3, -0.25) is 4.79 Å². The van der Waals surface area contributed by atoms with Crippen LogP contribution >= 0.6 is 11.8 Å². The van der Waals surface area contributed by atoms with Crippen LogP contribution in [0.25, 0.3) is 0 Å². The van der Waals surface area contributed by atoms with E-state index < -0.39 is 0 Å². The maximum absolute atomic E-state index is 12.1. The van der Waals surface area contributed by atoms with Gasteiger partial charge in [-0.1, -0.05) is 0 Å². The Hall–Kier alpha value is -0.260. The zero-order valence-electron chi connectivity index (χ0n) is 10.3. The molecule has 0 aliphatic carbocycles. The molecule has 1 amide bonds. The summed E-state index contributed by atoms with van der Waals surface area (Å²) < 4.78 is 10.2. The fourth-order valence-corrected chi connectivity index (χ4v) is 3.02. The molecule has 1 atom stereocenters. The average Bonchev–Trinajstić information content (AvgIpc) is 2.83. The zero-order valence-corrected chi connectivity index (χ0v) is 11.1. The van der Waals surface area contributed by atoms with Crippen molar-refractivity contribution in [2.75, 3.05) is 33.1 Å². The molecule has 0 aromatic heterocycles. The highest BCUT2D eigenvalue weighted by Gasteiger charge is 2.28. The number of ether oxygens (including phenoxy) is 2. The Morgan fingerprint density at radius 3 is 2.62 bits per heavy atom. The van der Waals surface area contributed by atoms with E-state index in [0.29, 0.717) is 13.1 Å². The highest BCUT2D eigenvalue weighted by molar-refractivity contribution is 8.00. The number of amides is 1. The number of likely N-dealkylation sites (N-methyl/N-ethyl adjacent to an activating group) is 1. The summed E-state index contributed by atoms with van der Waals surface area (Å²) in [5.41, 5.74) is 0. The minimum absolute atomic E-state index is 0.148. The molecule has 0 N–H and O–H groups in total. The summed E-state index contributed by atoms with van der Waals surface area (Å²) in [4.78, 5) is 14.0. The summed E-state index contributed by atoms with van der Waals surface area (Å²) in [6.45, 7) is 3.21. The Labute approximate surface area is 102 Å². The van der Waals surface area contributed by atoms with Gasteiger partial charge in [-0.2, -0.15) is 0 Å². The van der Waals surface area contributed by atoms with Crippen LogP contribution < -0.4 is 0 Å². The summed E-state index contributed by atoms with van der Waals surface area (Å²) in [6.07, 6.45) is 1.83. The van der Waals surface area contributed by atoms with Crippen LogP contribution in [0.3, 0.4) is 0 Å². The second-order valence-electron chi connectivity index (χ2n) is 3.78. The van der Waals surface area contributed by atoms with Crippen LogP contribution in [0.4, 0.5) is 0 Å². The Morgan fingerprint density at radius 1 is 1.50 bits per heavy atom. The third kappa shape index (κ3) is 3.64. The fourth-order valence-electron chi connectivity index (χ4n) is 1.78. The molecule has 0 bridgehead atoms. The maximum Gasteiger partial charge on any atom is 0.235 e. The van der Waals surface area contributed by atoms with E-state index in [1.807, 2.05) is 11.8 Å². The molecule has 1 unspecified atom stereocenters. The minimum atomic E-state index is -0.324. The first-order chi connectivity index (χ1) is 7.72. The van der Waals surface area contributed by atoms with Crippen molar-refractivity contribution in [2.45, 2.75) is 31.3 Å². The molecule has 1 rings (SSSR count). The van der Waals surface area contributed by atoms with E-state index in [2.05, 4.69) is 0 Å². The molecule has 1 heterocycles. The molecule has 1 saturated heterocycles. The average molecular weight is 247 g/mol. The number of methoxy groups -OCH3 is 2. The Balaban J connectivity index is 2.48. The van der Waals surface area contributed by atoms with E-state index in [1.54, 1.807) is 26.0 Å². The highest BCUT2D eigenvalue weighted by Crippen LogP contribution is 2.27. The SMILES string of the molecule is CCN(CC(OC)OC)C(=O)C1CCCS1. The van der Waals surface area contributed by atoms with Gasteiger partial charge in [-0.05, 0) is 25.5 Å². The molecule has 0 radical (unpaired) electrons. The molecule has 0 aromatic rings. The molecule has 0 saturated carbocycles. The topological polar surface area (TPSA) is 38.8 Å². The van der Waals surface area contributed by atoms with Crippen molar-refractivity contribution in [3.05, 3.63) is 0 Å². The molecule has 1 aliphatic rings. The predicted octanol–water partition coefficient (Wildman–Crippen LogP) is 1.35. The van der Waals surface area contributed by atoms with Gasteiger partial charge in [0.05, 0.1) is 11.8 Å². The molecular formula is C11H21NO3S. The lowest BCUT2D eigenvalue weighted by Crippen LogP contribution is -2.42. The number of hydrogen-bond donors (Lipinski definition) is 0. The first-order valence-corrected chi connectivity index (χ1v) is 6.73. The van der Waals surface area contributed by atoms with Gasteiger partial charge in [-0.15, -0.1) is 11.8 Å². The summed E-state index contributed by atoms with van der Waals surface area (Å²) >= 11 is 1.76. The predicted molar refractivity (Wildman–Crippen MR) is 65.5 cm³/mol. The van der Waals surface area contributed by atoms with Gasteiger partial charge in [0.25, 0.3) is 0 Å². The molecule has 1 fully saturated rings. The number of carbonyl (C=O) groups is 1. The van der Waals surface area contributed by atoms with Crippen LogP contribution in [0.5, 0.6) is 0 Å². The van der Waals surface area contributed by atoms with Crippen molar-refractivity contribution in [1.82, 2.24) is 4.90 Å². The summed E-state index contributed by atoms with van der Waals surface area (Å²) in [5.74, 6) is 1.33. The van der Waals surface area contributed by atoms with Gasteiger partial charge in [0, 0.05) is 20.8 Å². The second-order valence-corrected chi connectivity index (χ2v) is 5.09. The van der Waals surface area contributed by atoms with E-state index >= 15 is 0 Å². The lowest BCUT2D eigenvalue weighted by atomic mass is 10.2. The fraction of sp³-hybridized carbons (Fsp3) is 0.909. The van der Waals surface area contributed by atoms with Crippen LogP contribution in [0.1, 0.15) is 19.8 Å². The van der Waals surface area contributed by atoms with Crippen molar-refractivity contribution in [2.24, 2.45) is 0 Å². The van der Waals surface area contributed by atoms with Crippen LogP contribution in [0.15, 0.2) is 0 Å². The van der Waals surface area contributed by atoms with Crippen LogP contribution in [0.2, 0.25) is 0 Å². The molecule has 0 spiro atoms. The minimum Gasteiger partial charge on any atom is -0.354 e. The highest BCUT2D eigenvalue weighted by atomic mass is 32.2. The van der Waals surface area contributed by atoms with Crippen molar-refractivity contribution in [1.29, 1.82) is 0 Å². The molecule has 94 valence electrons. The van der Waals surface area contributed by atoms with Crippen LogP contribution in [-0.2, 0) is 14.3 Å². The number of nitrogens with zero attached hydrogens (tertiary/aromatic N) is 1. The number of hydrogen-bond acceptors (Lipinski definition) is 4. The van der Waals surface area contributed by atoms with Crippen molar-refractivity contribution in [3.63, 3.8) is 0 Å². The van der Waals surface area contributed by atoms with Crippen molar-refractivity contribution < 1.29 is 14.3 Å². The van der Waals surface area contributed by atoms with Gasteiger partial charge in [0.15, 0.2) is 6.29 Å². The van der Waals surface area contributed by atoms with Gasteiger partial charge < -0.3 is 14.4 Å². The molecule has 0 aromatic carbocycles. The summed E-state index contributed by atoms with van der Waals surface area (Å²) in [7, 11) is 3.19. The lowest BCUT2D eigenvalue weighted by molar-refractivity contribution is -0.144. The Kier molecular flexibility index (Phi) is 6.16. The summed E-state index contributed by atoms with van der Waals surface area (Å²) in [5, 5.41) is 0.148. The van der Waals surface area contributed by atoms with E-state index in [0.717, 1.165) is 18.6 Å². The number of thioether (sulfide) groups is 1. The van der Waals surface area contributed by atoms with Gasteiger partial charge in [-0.25, -0.2) is 0 Å². The third-order valence-corrected chi connectivity index (χ3v) is 4.16. The first kappa shape index (κ1) is 13.8. The van der Waals surface area contributed by atoms with E-state index in [1.165, 1.54) is 0 Å². The van der Waals surface area contributed by atoms with Crippen LogP contribution in [0, 0.1) is 0 Å². The molecule has 1 aliphatic heterocycles. The quantitative estimate of drug-likeness (QED) is 0.664. The largest absolute Gasteiger partial charge is 0.354 e. The molecule has 16 heavy (non-hydrogen) atoms. The number of carbonyl (C=O) groups excluding carboxylic acids is 1. The first-order valence-electron chi connectivity index (χ1n) is 5.68. The van der Waals surface area contributed by atoms with Gasteiger partial charge in [0.2, 0.25) is 5.91 Å².